The largest absolute Gasteiger partial charge is 0.473 e. The molecule has 0 saturated heterocycles. The van der Waals surface area contributed by atoms with Crippen LogP contribution in [0.3, 0.4) is 0 Å². The zero-order chi connectivity index (χ0) is 18.7. The van der Waals surface area contributed by atoms with Gasteiger partial charge in [0.15, 0.2) is 5.96 Å². The van der Waals surface area contributed by atoms with Crippen molar-refractivity contribution in [3.05, 3.63) is 84.3 Å². The van der Waals surface area contributed by atoms with Crippen molar-refractivity contribution in [3.8, 4) is 5.88 Å². The van der Waals surface area contributed by atoms with Crippen molar-refractivity contribution < 1.29 is 4.74 Å². The highest BCUT2D eigenvalue weighted by atomic mass is 127. The van der Waals surface area contributed by atoms with Crippen molar-refractivity contribution in [2.45, 2.75) is 19.7 Å². The number of aliphatic imine (C=N–C) groups is 1. The predicted molar refractivity (Wildman–Crippen MR) is 123 cm³/mol. The lowest BCUT2D eigenvalue weighted by Crippen LogP contribution is -2.38. The fraction of sp³-hybridized carbons (Fsp3) is 0.238. The molecule has 0 radical (unpaired) electrons. The lowest BCUT2D eigenvalue weighted by molar-refractivity contribution is 0.293. The van der Waals surface area contributed by atoms with Gasteiger partial charge in [-0.2, -0.15) is 0 Å². The molecule has 3 aromatic rings. The van der Waals surface area contributed by atoms with Crippen LogP contribution in [0, 0.1) is 0 Å². The lowest BCUT2D eigenvalue weighted by atomic mass is 10.2. The van der Waals surface area contributed by atoms with Gasteiger partial charge in [-0.15, -0.1) is 24.0 Å². The van der Waals surface area contributed by atoms with Crippen LogP contribution in [0.1, 0.15) is 11.1 Å². The minimum atomic E-state index is 0. The Morgan fingerprint density at radius 2 is 1.82 bits per heavy atom. The van der Waals surface area contributed by atoms with E-state index < -0.39 is 0 Å². The minimum absolute atomic E-state index is 0. The van der Waals surface area contributed by atoms with Crippen molar-refractivity contribution in [2.24, 2.45) is 4.99 Å². The third kappa shape index (κ3) is 7.22. The van der Waals surface area contributed by atoms with Crippen LogP contribution in [0.2, 0.25) is 0 Å². The summed E-state index contributed by atoms with van der Waals surface area (Å²) in [6, 6.07) is 18.0. The van der Waals surface area contributed by atoms with Crippen molar-refractivity contribution in [1.29, 1.82) is 0 Å². The predicted octanol–water partition coefficient (Wildman–Crippen LogP) is 3.45. The van der Waals surface area contributed by atoms with E-state index in [0.29, 0.717) is 19.0 Å². The van der Waals surface area contributed by atoms with Gasteiger partial charge >= 0.3 is 0 Å². The van der Waals surface area contributed by atoms with Crippen molar-refractivity contribution in [1.82, 2.24) is 20.2 Å². The molecule has 0 bridgehead atoms. The SMILES string of the molecule is CN=C(NCCn1cccc1)NCc1ccnc(OCc2ccccc2)c1.I. The average Bonchev–Trinajstić information content (AvgIpc) is 3.23. The molecular weight excluding hydrogens is 465 g/mol. The highest BCUT2D eigenvalue weighted by Gasteiger charge is 2.02. The molecule has 3 rings (SSSR count). The molecule has 0 aliphatic heterocycles. The van der Waals surface area contributed by atoms with Gasteiger partial charge in [-0.1, -0.05) is 30.3 Å². The number of rotatable bonds is 8. The maximum Gasteiger partial charge on any atom is 0.213 e. The van der Waals surface area contributed by atoms with Gasteiger partial charge in [-0.3, -0.25) is 4.99 Å². The Labute approximate surface area is 183 Å². The van der Waals surface area contributed by atoms with Crippen molar-refractivity contribution in [2.75, 3.05) is 13.6 Å². The number of ether oxygens (including phenoxy) is 1. The van der Waals surface area contributed by atoms with Crippen molar-refractivity contribution in [3.63, 3.8) is 0 Å². The molecule has 6 nitrogen and oxygen atoms in total. The summed E-state index contributed by atoms with van der Waals surface area (Å²) in [6.07, 6.45) is 5.86. The maximum atomic E-state index is 5.78. The van der Waals surface area contributed by atoms with Crippen LogP contribution >= 0.6 is 24.0 Å². The molecule has 0 aliphatic rings. The fourth-order valence-electron chi connectivity index (χ4n) is 2.60. The van der Waals surface area contributed by atoms with Gasteiger partial charge in [-0.25, -0.2) is 4.98 Å². The van der Waals surface area contributed by atoms with Crippen LogP contribution in [-0.2, 0) is 19.7 Å². The fourth-order valence-corrected chi connectivity index (χ4v) is 2.60. The quantitative estimate of drug-likeness (QED) is 0.288. The summed E-state index contributed by atoms with van der Waals surface area (Å²) < 4.78 is 7.91. The Hall–Kier alpha value is -2.55. The molecule has 28 heavy (non-hydrogen) atoms. The molecule has 2 N–H and O–H groups in total. The van der Waals surface area contributed by atoms with E-state index in [2.05, 4.69) is 25.2 Å². The first kappa shape index (κ1) is 21.7. The number of benzene rings is 1. The van der Waals surface area contributed by atoms with Gasteiger partial charge in [-0.05, 0) is 29.3 Å². The first-order valence-electron chi connectivity index (χ1n) is 9.00. The molecule has 2 heterocycles. The Morgan fingerprint density at radius 3 is 2.57 bits per heavy atom. The smallest absolute Gasteiger partial charge is 0.213 e. The first-order valence-corrected chi connectivity index (χ1v) is 9.00. The molecule has 2 aromatic heterocycles. The Kier molecular flexibility index (Phi) is 9.33. The van der Waals surface area contributed by atoms with Crippen LogP contribution in [0.25, 0.3) is 0 Å². The number of pyridine rings is 1. The van der Waals surface area contributed by atoms with E-state index in [0.717, 1.165) is 30.2 Å². The number of halogens is 1. The lowest BCUT2D eigenvalue weighted by Gasteiger charge is -2.13. The number of hydrogen-bond acceptors (Lipinski definition) is 3. The zero-order valence-electron chi connectivity index (χ0n) is 15.9. The normalized spacial score (nSPS) is 10.8. The Morgan fingerprint density at radius 1 is 1.04 bits per heavy atom. The molecule has 0 aliphatic carbocycles. The van der Waals surface area contributed by atoms with Gasteiger partial charge in [0.05, 0.1) is 0 Å². The van der Waals surface area contributed by atoms with Crippen LogP contribution in [0.15, 0.2) is 78.2 Å². The summed E-state index contributed by atoms with van der Waals surface area (Å²) >= 11 is 0. The summed E-state index contributed by atoms with van der Waals surface area (Å²) in [5.41, 5.74) is 2.21. The van der Waals surface area contributed by atoms with Gasteiger partial charge in [0.1, 0.15) is 6.61 Å². The number of hydrogen-bond donors (Lipinski definition) is 2. The van der Waals surface area contributed by atoms with E-state index in [1.165, 1.54) is 0 Å². The second-order valence-electron chi connectivity index (χ2n) is 6.05. The van der Waals surface area contributed by atoms with E-state index in [-0.39, 0.29) is 24.0 Å². The first-order chi connectivity index (χ1) is 13.3. The number of nitrogens with zero attached hydrogens (tertiary/aromatic N) is 3. The van der Waals surface area contributed by atoms with E-state index >= 15 is 0 Å². The topological polar surface area (TPSA) is 63.5 Å². The zero-order valence-corrected chi connectivity index (χ0v) is 18.2. The second-order valence-corrected chi connectivity index (χ2v) is 6.05. The number of guanidine groups is 1. The highest BCUT2D eigenvalue weighted by Crippen LogP contribution is 2.11. The summed E-state index contributed by atoms with van der Waals surface area (Å²) in [5, 5.41) is 6.62. The molecule has 7 heteroatoms. The molecule has 1 aromatic carbocycles. The second kappa shape index (κ2) is 12.0. The third-order valence-corrected chi connectivity index (χ3v) is 4.04. The summed E-state index contributed by atoms with van der Waals surface area (Å²) in [4.78, 5) is 8.54. The summed E-state index contributed by atoms with van der Waals surface area (Å²) in [5.74, 6) is 1.39. The molecular formula is C21H26IN5O. The van der Waals surface area contributed by atoms with Crippen LogP contribution in [0.5, 0.6) is 5.88 Å². The van der Waals surface area contributed by atoms with E-state index in [9.17, 15) is 0 Å². The van der Waals surface area contributed by atoms with Crippen molar-refractivity contribution >= 4 is 29.9 Å². The molecule has 0 atom stereocenters. The summed E-state index contributed by atoms with van der Waals surface area (Å²) in [6.45, 7) is 2.84. The van der Waals surface area contributed by atoms with Crippen LogP contribution < -0.4 is 15.4 Å². The molecule has 0 spiro atoms. The molecule has 0 fully saturated rings. The Balaban J connectivity index is 0.00000280. The van der Waals surface area contributed by atoms with E-state index in [1.54, 1.807) is 13.2 Å². The number of nitrogens with one attached hydrogen (secondary N) is 2. The third-order valence-electron chi connectivity index (χ3n) is 4.04. The maximum absolute atomic E-state index is 5.78. The summed E-state index contributed by atoms with van der Waals surface area (Å²) in [7, 11) is 1.77. The van der Waals surface area contributed by atoms with E-state index in [1.807, 2.05) is 67.0 Å². The Bertz CT molecular complexity index is 837. The van der Waals surface area contributed by atoms with Gasteiger partial charge in [0.2, 0.25) is 5.88 Å². The molecule has 148 valence electrons. The average molecular weight is 491 g/mol. The molecule has 0 saturated carbocycles. The van der Waals surface area contributed by atoms with Crippen LogP contribution in [0.4, 0.5) is 0 Å². The molecule has 0 amide bonds. The minimum Gasteiger partial charge on any atom is -0.473 e. The van der Waals surface area contributed by atoms with Gasteiger partial charge in [0, 0.05) is 51.3 Å². The number of aromatic nitrogens is 2. The van der Waals surface area contributed by atoms with Gasteiger partial charge < -0.3 is 19.9 Å². The molecule has 0 unspecified atom stereocenters. The van der Waals surface area contributed by atoms with Gasteiger partial charge in [0.25, 0.3) is 0 Å². The van der Waals surface area contributed by atoms with E-state index in [4.69, 9.17) is 4.74 Å². The monoisotopic (exact) mass is 491 g/mol. The highest BCUT2D eigenvalue weighted by molar-refractivity contribution is 14.0. The standard InChI is InChI=1S/C21H25N5O.HI/c1-22-21(24-11-14-26-12-5-6-13-26)25-16-19-9-10-23-20(15-19)27-17-18-7-3-2-4-8-18;/h2-10,12-13,15H,11,14,16-17H2,1H3,(H2,22,24,25);1H. The van der Waals surface area contributed by atoms with Crippen LogP contribution in [-0.4, -0.2) is 29.1 Å².